The average molecular weight is 328 g/mol. The van der Waals surface area contributed by atoms with Gasteiger partial charge in [0.2, 0.25) is 5.89 Å². The summed E-state index contributed by atoms with van der Waals surface area (Å²) in [5.74, 6) is -0.100. The Morgan fingerprint density at radius 2 is 1.91 bits per heavy atom. The molecule has 0 unspecified atom stereocenters. The van der Waals surface area contributed by atoms with E-state index in [1.165, 1.54) is 4.90 Å². The quantitative estimate of drug-likeness (QED) is 0.733. The molecule has 1 heterocycles. The van der Waals surface area contributed by atoms with Gasteiger partial charge in [-0.25, -0.2) is 0 Å². The molecule has 6 heteroatoms. The first-order valence-electron chi connectivity index (χ1n) is 7.02. The molecule has 3 aromatic rings. The predicted molar refractivity (Wildman–Crippen MR) is 87.0 cm³/mol. The maximum atomic E-state index is 12.4. The van der Waals surface area contributed by atoms with Gasteiger partial charge in [0.15, 0.2) is 0 Å². The second-order valence-electron chi connectivity index (χ2n) is 5.07. The SMILES string of the molecule is CN(Cc1ccccc1)C(=O)c1nnc(-c2cccc(Cl)c2)o1. The fourth-order valence-electron chi connectivity index (χ4n) is 2.14. The van der Waals surface area contributed by atoms with Crippen LogP contribution in [0.25, 0.3) is 11.5 Å². The molecule has 23 heavy (non-hydrogen) atoms. The molecule has 0 atom stereocenters. The number of carbonyl (C=O) groups is 1. The Morgan fingerprint density at radius 1 is 1.13 bits per heavy atom. The summed E-state index contributed by atoms with van der Waals surface area (Å²) in [6.45, 7) is 0.467. The fourth-order valence-corrected chi connectivity index (χ4v) is 2.33. The molecule has 0 saturated carbocycles. The summed E-state index contributed by atoms with van der Waals surface area (Å²) in [5, 5.41) is 8.31. The minimum absolute atomic E-state index is 0.0431. The lowest BCUT2D eigenvalue weighted by Gasteiger charge is -2.14. The minimum Gasteiger partial charge on any atom is -0.412 e. The Kier molecular flexibility index (Phi) is 4.39. The van der Waals surface area contributed by atoms with E-state index in [4.69, 9.17) is 16.0 Å². The zero-order valence-electron chi connectivity index (χ0n) is 12.4. The third-order valence-corrected chi connectivity index (χ3v) is 3.52. The highest BCUT2D eigenvalue weighted by atomic mass is 35.5. The highest BCUT2D eigenvalue weighted by Crippen LogP contribution is 2.21. The van der Waals surface area contributed by atoms with Crippen molar-refractivity contribution in [3.63, 3.8) is 0 Å². The lowest BCUT2D eigenvalue weighted by molar-refractivity contribution is 0.0746. The van der Waals surface area contributed by atoms with Crippen LogP contribution in [0.2, 0.25) is 5.02 Å². The normalized spacial score (nSPS) is 10.5. The van der Waals surface area contributed by atoms with E-state index in [1.807, 2.05) is 30.3 Å². The molecule has 0 saturated heterocycles. The molecule has 3 rings (SSSR count). The van der Waals surface area contributed by atoms with Gasteiger partial charge in [-0.2, -0.15) is 0 Å². The molecule has 1 amide bonds. The van der Waals surface area contributed by atoms with E-state index in [9.17, 15) is 4.79 Å². The van der Waals surface area contributed by atoms with Gasteiger partial charge in [-0.15, -0.1) is 10.2 Å². The number of carbonyl (C=O) groups excluding carboxylic acids is 1. The molecule has 0 fully saturated rings. The van der Waals surface area contributed by atoms with Gasteiger partial charge < -0.3 is 9.32 Å². The summed E-state index contributed by atoms with van der Waals surface area (Å²) in [6.07, 6.45) is 0. The predicted octanol–water partition coefficient (Wildman–Crippen LogP) is 3.66. The van der Waals surface area contributed by atoms with Gasteiger partial charge in [0.1, 0.15) is 0 Å². The van der Waals surface area contributed by atoms with Crippen LogP contribution in [-0.2, 0) is 6.54 Å². The molecule has 0 aliphatic carbocycles. The maximum Gasteiger partial charge on any atom is 0.311 e. The number of amides is 1. The summed E-state index contributed by atoms with van der Waals surface area (Å²) < 4.78 is 5.47. The van der Waals surface area contributed by atoms with Crippen LogP contribution in [0.3, 0.4) is 0 Å². The molecular formula is C17H14ClN3O2. The molecular weight excluding hydrogens is 314 g/mol. The Hall–Kier alpha value is -2.66. The molecule has 0 aliphatic rings. The molecule has 0 spiro atoms. The van der Waals surface area contributed by atoms with E-state index in [0.717, 1.165) is 5.56 Å². The minimum atomic E-state index is -0.324. The topological polar surface area (TPSA) is 59.2 Å². The fraction of sp³-hybridized carbons (Fsp3) is 0.118. The summed E-state index contributed by atoms with van der Waals surface area (Å²) in [7, 11) is 1.69. The maximum absolute atomic E-state index is 12.4. The van der Waals surface area contributed by atoms with Crippen molar-refractivity contribution in [3.8, 4) is 11.5 Å². The van der Waals surface area contributed by atoms with Gasteiger partial charge >= 0.3 is 11.8 Å². The Bertz CT molecular complexity index is 817. The van der Waals surface area contributed by atoms with Crippen molar-refractivity contribution in [2.75, 3.05) is 7.05 Å². The standard InChI is InChI=1S/C17H14ClN3O2/c1-21(11-12-6-3-2-4-7-12)17(22)16-20-19-15(23-16)13-8-5-9-14(18)10-13/h2-10H,11H2,1H3. The molecule has 0 N–H and O–H groups in total. The zero-order valence-corrected chi connectivity index (χ0v) is 13.2. The molecule has 0 aliphatic heterocycles. The van der Waals surface area contributed by atoms with Crippen LogP contribution in [-0.4, -0.2) is 28.1 Å². The monoisotopic (exact) mass is 327 g/mol. The number of hydrogen-bond acceptors (Lipinski definition) is 4. The van der Waals surface area contributed by atoms with Crippen LogP contribution in [0.5, 0.6) is 0 Å². The van der Waals surface area contributed by atoms with Crippen LogP contribution in [0.1, 0.15) is 16.2 Å². The Morgan fingerprint density at radius 3 is 2.65 bits per heavy atom. The first-order valence-corrected chi connectivity index (χ1v) is 7.40. The van der Waals surface area contributed by atoms with Gasteiger partial charge in [0.25, 0.3) is 0 Å². The van der Waals surface area contributed by atoms with Crippen LogP contribution in [0.15, 0.2) is 59.0 Å². The summed E-state index contributed by atoms with van der Waals surface area (Å²) in [5.41, 5.74) is 1.70. The van der Waals surface area contributed by atoms with E-state index in [2.05, 4.69) is 10.2 Å². The van der Waals surface area contributed by atoms with Gasteiger partial charge in [0, 0.05) is 24.2 Å². The number of hydrogen-bond donors (Lipinski definition) is 0. The Labute approximate surface area is 138 Å². The molecule has 1 aromatic heterocycles. The van der Waals surface area contributed by atoms with Crippen molar-refractivity contribution >= 4 is 17.5 Å². The van der Waals surface area contributed by atoms with Crippen LogP contribution in [0.4, 0.5) is 0 Å². The van der Waals surface area contributed by atoms with Gasteiger partial charge in [-0.1, -0.05) is 48.0 Å². The van der Waals surface area contributed by atoms with E-state index in [1.54, 1.807) is 31.3 Å². The summed E-state index contributed by atoms with van der Waals surface area (Å²) in [6, 6.07) is 16.7. The van der Waals surface area contributed by atoms with Gasteiger partial charge in [0.05, 0.1) is 0 Å². The zero-order chi connectivity index (χ0) is 16.2. The van der Waals surface area contributed by atoms with E-state index in [0.29, 0.717) is 17.1 Å². The average Bonchev–Trinajstić information content (AvgIpc) is 3.05. The highest BCUT2D eigenvalue weighted by molar-refractivity contribution is 6.30. The highest BCUT2D eigenvalue weighted by Gasteiger charge is 2.20. The third-order valence-electron chi connectivity index (χ3n) is 3.29. The van der Waals surface area contributed by atoms with Crippen molar-refractivity contribution in [3.05, 3.63) is 71.1 Å². The van der Waals surface area contributed by atoms with Crippen LogP contribution >= 0.6 is 11.6 Å². The third kappa shape index (κ3) is 3.57. The van der Waals surface area contributed by atoms with Crippen LogP contribution in [0, 0.1) is 0 Å². The second kappa shape index (κ2) is 6.62. The lowest BCUT2D eigenvalue weighted by Crippen LogP contribution is -2.26. The van der Waals surface area contributed by atoms with Crippen molar-refractivity contribution in [2.24, 2.45) is 0 Å². The van der Waals surface area contributed by atoms with E-state index < -0.39 is 0 Å². The van der Waals surface area contributed by atoms with E-state index >= 15 is 0 Å². The number of rotatable bonds is 4. The first kappa shape index (κ1) is 15.2. The number of aromatic nitrogens is 2. The van der Waals surface area contributed by atoms with Crippen LogP contribution < -0.4 is 0 Å². The number of nitrogens with zero attached hydrogens (tertiary/aromatic N) is 3. The number of halogens is 1. The first-order chi connectivity index (χ1) is 11.1. The largest absolute Gasteiger partial charge is 0.412 e. The number of benzene rings is 2. The molecule has 2 aromatic carbocycles. The Balaban J connectivity index is 1.76. The smallest absolute Gasteiger partial charge is 0.311 e. The van der Waals surface area contributed by atoms with E-state index in [-0.39, 0.29) is 17.7 Å². The second-order valence-corrected chi connectivity index (χ2v) is 5.51. The summed E-state index contributed by atoms with van der Waals surface area (Å²) >= 11 is 5.94. The molecule has 0 radical (unpaired) electrons. The van der Waals surface area contributed by atoms with Crippen molar-refractivity contribution in [1.82, 2.24) is 15.1 Å². The lowest BCUT2D eigenvalue weighted by atomic mass is 10.2. The van der Waals surface area contributed by atoms with Crippen molar-refractivity contribution < 1.29 is 9.21 Å². The van der Waals surface area contributed by atoms with Crippen molar-refractivity contribution in [1.29, 1.82) is 0 Å². The van der Waals surface area contributed by atoms with Crippen molar-refractivity contribution in [2.45, 2.75) is 6.54 Å². The molecule has 5 nitrogen and oxygen atoms in total. The van der Waals surface area contributed by atoms with Gasteiger partial charge in [-0.3, -0.25) is 4.79 Å². The summed E-state index contributed by atoms with van der Waals surface area (Å²) in [4.78, 5) is 13.9. The van der Waals surface area contributed by atoms with Gasteiger partial charge in [-0.05, 0) is 23.8 Å². The molecule has 116 valence electrons. The molecule has 0 bridgehead atoms.